The van der Waals surface area contributed by atoms with Crippen molar-refractivity contribution in [2.75, 3.05) is 19.5 Å². The highest BCUT2D eigenvalue weighted by molar-refractivity contribution is 9.10. The van der Waals surface area contributed by atoms with Crippen molar-refractivity contribution in [2.45, 2.75) is 6.42 Å². The van der Waals surface area contributed by atoms with E-state index in [0.29, 0.717) is 12.4 Å². The Kier molecular flexibility index (Phi) is 3.43. The van der Waals surface area contributed by atoms with Crippen molar-refractivity contribution in [1.82, 2.24) is 10.2 Å². The average Bonchev–Trinajstić information content (AvgIpc) is 2.07. The fourth-order valence-corrected chi connectivity index (χ4v) is 1.09. The van der Waals surface area contributed by atoms with Gasteiger partial charge in [-0.3, -0.25) is 0 Å². The van der Waals surface area contributed by atoms with Crippen LogP contribution in [0.1, 0.15) is 5.69 Å². The number of ether oxygens (including phenoxy) is 1. The summed E-state index contributed by atoms with van der Waals surface area (Å²) >= 11 is 3.27. The molecule has 0 unspecified atom stereocenters. The van der Waals surface area contributed by atoms with E-state index in [4.69, 9.17) is 10.5 Å². The van der Waals surface area contributed by atoms with Crippen LogP contribution < -0.4 is 5.73 Å². The zero-order valence-corrected chi connectivity index (χ0v) is 8.34. The minimum absolute atomic E-state index is 0.413. The first kappa shape index (κ1) is 9.41. The number of hydrogen-bond donors (Lipinski definition) is 1. The standard InChI is InChI=1S/C7H10BrN3O/c1-12-3-2-5-4-6(8)7(9)11-10-5/h4H,2-3H2,1H3,(H2,9,11). The molecule has 0 saturated heterocycles. The van der Waals surface area contributed by atoms with Gasteiger partial charge in [-0.25, -0.2) is 0 Å². The number of rotatable bonds is 3. The number of methoxy groups -OCH3 is 1. The molecule has 0 bridgehead atoms. The zero-order chi connectivity index (χ0) is 8.97. The molecule has 0 aliphatic rings. The summed E-state index contributed by atoms with van der Waals surface area (Å²) in [5.41, 5.74) is 6.34. The molecule has 1 heterocycles. The lowest BCUT2D eigenvalue weighted by atomic mass is 10.3. The molecule has 4 nitrogen and oxygen atoms in total. The van der Waals surface area contributed by atoms with Gasteiger partial charge in [0.15, 0.2) is 5.82 Å². The molecule has 5 heteroatoms. The van der Waals surface area contributed by atoms with Gasteiger partial charge in [0.2, 0.25) is 0 Å². The summed E-state index contributed by atoms with van der Waals surface area (Å²) < 4.78 is 5.68. The third-order valence-corrected chi connectivity index (χ3v) is 2.02. The molecule has 0 fully saturated rings. The van der Waals surface area contributed by atoms with Crippen molar-refractivity contribution in [2.24, 2.45) is 0 Å². The Labute approximate surface area is 79.3 Å². The van der Waals surface area contributed by atoms with Gasteiger partial charge >= 0.3 is 0 Å². The molecule has 0 radical (unpaired) electrons. The molecule has 12 heavy (non-hydrogen) atoms. The number of anilines is 1. The highest BCUT2D eigenvalue weighted by Gasteiger charge is 2.00. The van der Waals surface area contributed by atoms with Crippen LogP contribution in [0.2, 0.25) is 0 Å². The molecule has 0 amide bonds. The third-order valence-electron chi connectivity index (χ3n) is 1.39. The lowest BCUT2D eigenvalue weighted by molar-refractivity contribution is 0.201. The summed E-state index contributed by atoms with van der Waals surface area (Å²) in [5.74, 6) is 0.413. The Morgan fingerprint density at radius 2 is 2.33 bits per heavy atom. The van der Waals surface area contributed by atoms with Gasteiger partial charge in [0, 0.05) is 13.5 Å². The van der Waals surface area contributed by atoms with Crippen molar-refractivity contribution in [3.05, 3.63) is 16.2 Å². The van der Waals surface area contributed by atoms with Crippen molar-refractivity contribution in [3.63, 3.8) is 0 Å². The second-order valence-corrected chi connectivity index (χ2v) is 3.17. The van der Waals surface area contributed by atoms with Gasteiger partial charge in [0.25, 0.3) is 0 Å². The van der Waals surface area contributed by atoms with Crippen LogP contribution >= 0.6 is 15.9 Å². The van der Waals surface area contributed by atoms with Crippen LogP contribution in [0.5, 0.6) is 0 Å². The van der Waals surface area contributed by atoms with E-state index in [9.17, 15) is 0 Å². The van der Waals surface area contributed by atoms with Gasteiger partial charge < -0.3 is 10.5 Å². The van der Waals surface area contributed by atoms with Gasteiger partial charge in [0.1, 0.15) is 0 Å². The second-order valence-electron chi connectivity index (χ2n) is 2.31. The first-order chi connectivity index (χ1) is 5.74. The van der Waals surface area contributed by atoms with Gasteiger partial charge in [0.05, 0.1) is 16.8 Å². The van der Waals surface area contributed by atoms with E-state index in [-0.39, 0.29) is 0 Å². The van der Waals surface area contributed by atoms with Crippen LogP contribution in [-0.2, 0) is 11.2 Å². The Morgan fingerprint density at radius 3 is 2.92 bits per heavy atom. The maximum atomic E-state index is 5.47. The van der Waals surface area contributed by atoms with E-state index in [1.54, 1.807) is 7.11 Å². The summed E-state index contributed by atoms with van der Waals surface area (Å²) in [6, 6.07) is 1.85. The van der Waals surface area contributed by atoms with Gasteiger partial charge in [-0.15, -0.1) is 5.10 Å². The number of hydrogen-bond acceptors (Lipinski definition) is 4. The quantitative estimate of drug-likeness (QED) is 0.844. The minimum Gasteiger partial charge on any atom is -0.384 e. The van der Waals surface area contributed by atoms with E-state index in [0.717, 1.165) is 16.6 Å². The number of halogens is 1. The fraction of sp³-hybridized carbons (Fsp3) is 0.429. The number of nitrogen functional groups attached to an aromatic ring is 1. The molecule has 1 aromatic heterocycles. The van der Waals surface area contributed by atoms with E-state index < -0.39 is 0 Å². The molecule has 2 N–H and O–H groups in total. The van der Waals surface area contributed by atoms with Crippen molar-refractivity contribution in [1.29, 1.82) is 0 Å². The van der Waals surface area contributed by atoms with Crippen LogP contribution in [0, 0.1) is 0 Å². The van der Waals surface area contributed by atoms with Crippen LogP contribution in [0.15, 0.2) is 10.5 Å². The van der Waals surface area contributed by atoms with Crippen molar-refractivity contribution in [3.8, 4) is 0 Å². The van der Waals surface area contributed by atoms with Crippen molar-refractivity contribution < 1.29 is 4.74 Å². The summed E-state index contributed by atoms with van der Waals surface area (Å²) in [6.07, 6.45) is 0.752. The van der Waals surface area contributed by atoms with E-state index in [2.05, 4.69) is 26.1 Å². The molecule has 0 spiro atoms. The Hall–Kier alpha value is -0.680. The molecule has 0 aliphatic heterocycles. The molecule has 0 aromatic carbocycles. The molecular formula is C7H10BrN3O. The SMILES string of the molecule is COCCc1cc(Br)c(N)nn1. The number of aromatic nitrogens is 2. The predicted octanol–water partition coefficient (Wildman–Crippen LogP) is 1.01. The highest BCUT2D eigenvalue weighted by Crippen LogP contribution is 2.15. The minimum atomic E-state index is 0.413. The predicted molar refractivity (Wildman–Crippen MR) is 49.7 cm³/mol. The van der Waals surface area contributed by atoms with Crippen molar-refractivity contribution >= 4 is 21.7 Å². The zero-order valence-electron chi connectivity index (χ0n) is 6.75. The average molecular weight is 232 g/mol. The van der Waals surface area contributed by atoms with E-state index in [1.165, 1.54) is 0 Å². The Balaban J connectivity index is 2.69. The largest absolute Gasteiger partial charge is 0.384 e. The normalized spacial score (nSPS) is 10.2. The molecule has 1 rings (SSSR count). The molecular weight excluding hydrogens is 222 g/mol. The van der Waals surface area contributed by atoms with Gasteiger partial charge in [-0.2, -0.15) is 5.10 Å². The maximum Gasteiger partial charge on any atom is 0.160 e. The second kappa shape index (κ2) is 4.37. The van der Waals surface area contributed by atoms with Crippen LogP contribution in [0.3, 0.4) is 0 Å². The fourth-order valence-electron chi connectivity index (χ4n) is 0.744. The smallest absolute Gasteiger partial charge is 0.160 e. The van der Waals surface area contributed by atoms with E-state index in [1.807, 2.05) is 6.07 Å². The summed E-state index contributed by atoms with van der Waals surface area (Å²) in [7, 11) is 1.65. The first-order valence-corrected chi connectivity index (χ1v) is 4.30. The lowest BCUT2D eigenvalue weighted by Crippen LogP contribution is -2.01. The molecule has 0 aliphatic carbocycles. The summed E-state index contributed by atoms with van der Waals surface area (Å²) in [6.45, 7) is 0.644. The van der Waals surface area contributed by atoms with Crippen LogP contribution in [0.25, 0.3) is 0 Å². The molecule has 1 aromatic rings. The monoisotopic (exact) mass is 231 g/mol. The Morgan fingerprint density at radius 1 is 1.58 bits per heavy atom. The molecule has 66 valence electrons. The summed E-state index contributed by atoms with van der Waals surface area (Å²) in [5, 5.41) is 7.65. The lowest BCUT2D eigenvalue weighted by Gasteiger charge is -2.00. The Bertz CT molecular complexity index is 267. The number of nitrogens with two attached hydrogens (primary N) is 1. The number of nitrogens with zero attached hydrogens (tertiary/aromatic N) is 2. The van der Waals surface area contributed by atoms with Crippen LogP contribution in [0.4, 0.5) is 5.82 Å². The van der Waals surface area contributed by atoms with Crippen LogP contribution in [-0.4, -0.2) is 23.9 Å². The molecule has 0 atom stereocenters. The molecule has 0 saturated carbocycles. The van der Waals surface area contributed by atoms with E-state index >= 15 is 0 Å². The third kappa shape index (κ3) is 2.42. The van der Waals surface area contributed by atoms with Gasteiger partial charge in [-0.1, -0.05) is 0 Å². The summed E-state index contributed by atoms with van der Waals surface area (Å²) in [4.78, 5) is 0. The maximum absolute atomic E-state index is 5.47. The highest BCUT2D eigenvalue weighted by atomic mass is 79.9. The topological polar surface area (TPSA) is 61.0 Å². The first-order valence-electron chi connectivity index (χ1n) is 3.50. The van der Waals surface area contributed by atoms with Gasteiger partial charge in [-0.05, 0) is 22.0 Å².